The minimum atomic E-state index is -4.63. The van der Waals surface area contributed by atoms with Gasteiger partial charge in [0.05, 0.1) is 22.8 Å². The summed E-state index contributed by atoms with van der Waals surface area (Å²) in [6.07, 6.45) is -4.18. The number of nitrogens with zero attached hydrogens (tertiary/aromatic N) is 2. The maximum Gasteiger partial charge on any atom is 0.416 e. The number of sulfonamides is 1. The fourth-order valence-electron chi connectivity index (χ4n) is 2.60. The summed E-state index contributed by atoms with van der Waals surface area (Å²) in [4.78, 5) is 16.0. The summed E-state index contributed by atoms with van der Waals surface area (Å²) >= 11 is 0. The van der Waals surface area contributed by atoms with Gasteiger partial charge in [-0.15, -0.1) is 0 Å². The number of aliphatic hydroxyl groups is 1. The van der Waals surface area contributed by atoms with Gasteiger partial charge in [-0.1, -0.05) is 11.2 Å². The summed E-state index contributed by atoms with van der Waals surface area (Å²) in [6.45, 7) is 1.13. The third-order valence-corrected chi connectivity index (χ3v) is 6.06. The molecule has 0 bridgehead atoms. The van der Waals surface area contributed by atoms with Gasteiger partial charge < -0.3 is 15.3 Å². The fraction of sp³-hybridized carbons (Fsp3) is 0.529. The van der Waals surface area contributed by atoms with Gasteiger partial charge in [0, 0.05) is 32.0 Å². The van der Waals surface area contributed by atoms with Crippen LogP contribution in [0.2, 0.25) is 0 Å². The van der Waals surface area contributed by atoms with E-state index >= 15 is 0 Å². The van der Waals surface area contributed by atoms with Crippen LogP contribution in [0.3, 0.4) is 0 Å². The highest BCUT2D eigenvalue weighted by Crippen LogP contribution is 2.31. The van der Waals surface area contributed by atoms with Gasteiger partial charge in [0.1, 0.15) is 0 Å². The molecule has 2 rings (SSSR count). The maximum absolute atomic E-state index is 12.8. The van der Waals surface area contributed by atoms with E-state index < -0.39 is 38.6 Å². The molecule has 1 aliphatic heterocycles. The second-order valence-corrected chi connectivity index (χ2v) is 8.45. The molecule has 1 amide bonds. The molecule has 12 heteroatoms. The van der Waals surface area contributed by atoms with Crippen molar-refractivity contribution in [2.45, 2.75) is 36.9 Å². The Bertz CT molecular complexity index is 848. The highest BCUT2D eigenvalue weighted by molar-refractivity contribution is 7.89. The molecule has 0 aliphatic carbocycles. The van der Waals surface area contributed by atoms with Gasteiger partial charge in [0.2, 0.25) is 10.0 Å². The topological polar surface area (TPSA) is 108 Å². The van der Waals surface area contributed by atoms with Crippen LogP contribution in [0, 0.1) is 0 Å². The largest absolute Gasteiger partial charge is 0.416 e. The molecule has 0 saturated carbocycles. The zero-order chi connectivity index (χ0) is 21.7. The van der Waals surface area contributed by atoms with Gasteiger partial charge in [-0.3, -0.25) is 4.79 Å². The number of nitrogens with one attached hydrogen (secondary N) is 1. The summed E-state index contributed by atoms with van der Waals surface area (Å²) in [6, 6.07) is 3.21. The van der Waals surface area contributed by atoms with E-state index in [1.54, 1.807) is 6.92 Å². The number of alkyl halides is 3. The standard InChI is InChI=1S/C17H22F3N3O5S/c1-12(10-24)21-16(25)11-28-22-14-5-7-23(8-6-14)29(26,27)15-4-2-3-13(9-15)17(18,19)20/h2-4,9,12,24H,5-8,10-11H2,1H3,(H,21,25). The normalized spacial score (nSPS) is 16.9. The van der Waals surface area contributed by atoms with Crippen LogP contribution >= 0.6 is 0 Å². The molecule has 2 N–H and O–H groups in total. The van der Waals surface area contributed by atoms with E-state index in [1.165, 1.54) is 0 Å². The number of piperidine rings is 1. The van der Waals surface area contributed by atoms with Gasteiger partial charge in [-0.2, -0.15) is 17.5 Å². The third-order valence-electron chi connectivity index (χ3n) is 4.17. The lowest BCUT2D eigenvalue weighted by Gasteiger charge is -2.26. The average Bonchev–Trinajstić information content (AvgIpc) is 2.67. The first-order valence-corrected chi connectivity index (χ1v) is 10.2. The van der Waals surface area contributed by atoms with Crippen molar-refractivity contribution in [3.8, 4) is 0 Å². The molecule has 8 nitrogen and oxygen atoms in total. The Morgan fingerprint density at radius 2 is 2.00 bits per heavy atom. The van der Waals surface area contributed by atoms with Crippen LogP contribution in [0.5, 0.6) is 0 Å². The molecule has 1 aromatic rings. The Morgan fingerprint density at radius 3 is 2.59 bits per heavy atom. The molecule has 1 heterocycles. The number of carbonyl (C=O) groups is 1. The van der Waals surface area contributed by atoms with Crippen molar-refractivity contribution in [1.29, 1.82) is 0 Å². The van der Waals surface area contributed by atoms with Gasteiger partial charge >= 0.3 is 6.18 Å². The lowest BCUT2D eigenvalue weighted by molar-refractivity contribution is -0.137. The van der Waals surface area contributed by atoms with E-state index in [1.807, 2.05) is 0 Å². The predicted molar refractivity (Wildman–Crippen MR) is 97.5 cm³/mol. The molecule has 0 radical (unpaired) electrons. The van der Waals surface area contributed by atoms with Gasteiger partial charge in [0.15, 0.2) is 6.61 Å². The Labute approximate surface area is 166 Å². The SMILES string of the molecule is CC(CO)NC(=O)CON=C1CCN(S(=O)(=O)c2cccc(C(F)(F)F)c2)CC1. The van der Waals surface area contributed by atoms with Gasteiger partial charge in [-0.05, 0) is 25.1 Å². The number of benzene rings is 1. The molecule has 1 saturated heterocycles. The summed E-state index contributed by atoms with van der Waals surface area (Å²) in [5.74, 6) is -0.458. The Hall–Kier alpha value is -2.18. The smallest absolute Gasteiger partial charge is 0.394 e. The Balaban J connectivity index is 1.94. The van der Waals surface area contributed by atoms with Crippen molar-refractivity contribution >= 4 is 21.6 Å². The van der Waals surface area contributed by atoms with Crippen LogP contribution < -0.4 is 5.32 Å². The second-order valence-electron chi connectivity index (χ2n) is 6.51. The number of rotatable bonds is 7. The first kappa shape index (κ1) is 23.1. The fourth-order valence-corrected chi connectivity index (χ4v) is 4.09. The molecule has 0 aromatic heterocycles. The van der Waals surface area contributed by atoms with Gasteiger partial charge in [-0.25, -0.2) is 8.42 Å². The second kappa shape index (κ2) is 9.55. The minimum Gasteiger partial charge on any atom is -0.394 e. The van der Waals surface area contributed by atoms with Crippen molar-refractivity contribution in [2.24, 2.45) is 5.16 Å². The van der Waals surface area contributed by atoms with Crippen LogP contribution in [0.15, 0.2) is 34.3 Å². The van der Waals surface area contributed by atoms with E-state index in [0.717, 1.165) is 22.5 Å². The van der Waals surface area contributed by atoms with Crippen LogP contribution in [0.1, 0.15) is 25.3 Å². The number of halogens is 3. The van der Waals surface area contributed by atoms with Crippen LogP contribution in [-0.4, -0.2) is 61.8 Å². The summed E-state index contributed by atoms with van der Waals surface area (Å²) < 4.78 is 64.8. The molecule has 1 aromatic carbocycles. The molecular weight excluding hydrogens is 415 g/mol. The van der Waals surface area contributed by atoms with Crippen LogP contribution in [-0.2, 0) is 25.8 Å². The number of amides is 1. The first-order valence-electron chi connectivity index (χ1n) is 8.79. The summed E-state index contributed by atoms with van der Waals surface area (Å²) in [5.41, 5.74) is -0.483. The first-order chi connectivity index (χ1) is 13.5. The highest BCUT2D eigenvalue weighted by atomic mass is 32.2. The lowest BCUT2D eigenvalue weighted by atomic mass is 10.1. The van der Waals surface area contributed by atoms with E-state index in [0.29, 0.717) is 11.8 Å². The molecule has 1 unspecified atom stereocenters. The van der Waals surface area contributed by atoms with Crippen molar-refractivity contribution in [3.05, 3.63) is 29.8 Å². The molecule has 1 atom stereocenters. The van der Waals surface area contributed by atoms with Crippen molar-refractivity contribution in [3.63, 3.8) is 0 Å². The Morgan fingerprint density at radius 1 is 1.34 bits per heavy atom. The third kappa shape index (κ3) is 6.41. The number of hydrogen-bond acceptors (Lipinski definition) is 6. The molecule has 162 valence electrons. The number of hydrogen-bond donors (Lipinski definition) is 2. The number of oxime groups is 1. The van der Waals surface area contributed by atoms with Crippen LogP contribution in [0.25, 0.3) is 0 Å². The summed E-state index contributed by atoms with van der Waals surface area (Å²) in [5, 5.41) is 15.1. The zero-order valence-corrected chi connectivity index (χ0v) is 16.5. The van der Waals surface area contributed by atoms with E-state index in [9.17, 15) is 26.4 Å². The Kier molecular flexibility index (Phi) is 7.60. The zero-order valence-electron chi connectivity index (χ0n) is 15.6. The predicted octanol–water partition coefficient (Wildman–Crippen LogP) is 1.36. The molecular formula is C17H22F3N3O5S. The molecule has 0 spiro atoms. The van der Waals surface area contributed by atoms with Crippen molar-refractivity contribution in [2.75, 3.05) is 26.3 Å². The molecule has 29 heavy (non-hydrogen) atoms. The summed E-state index contributed by atoms with van der Waals surface area (Å²) in [7, 11) is -4.07. The van der Waals surface area contributed by atoms with Crippen LogP contribution in [0.4, 0.5) is 13.2 Å². The highest BCUT2D eigenvalue weighted by Gasteiger charge is 2.33. The van der Waals surface area contributed by atoms with Gasteiger partial charge in [0.25, 0.3) is 5.91 Å². The average molecular weight is 437 g/mol. The quantitative estimate of drug-likeness (QED) is 0.627. The van der Waals surface area contributed by atoms with E-state index in [4.69, 9.17) is 9.94 Å². The molecule has 1 aliphatic rings. The molecule has 1 fully saturated rings. The maximum atomic E-state index is 12.8. The van der Waals surface area contributed by atoms with Crippen molar-refractivity contribution in [1.82, 2.24) is 9.62 Å². The number of aliphatic hydroxyl groups excluding tert-OH is 1. The minimum absolute atomic E-state index is 0.0362. The lowest BCUT2D eigenvalue weighted by Crippen LogP contribution is -2.39. The monoisotopic (exact) mass is 437 g/mol. The van der Waals surface area contributed by atoms with E-state index in [-0.39, 0.29) is 39.1 Å². The van der Waals surface area contributed by atoms with Crippen molar-refractivity contribution < 1.29 is 36.3 Å². The number of carbonyl (C=O) groups excluding carboxylic acids is 1. The van der Waals surface area contributed by atoms with E-state index in [2.05, 4.69) is 10.5 Å².